The minimum Gasteiger partial charge on any atom is -0.358 e. The summed E-state index contributed by atoms with van der Waals surface area (Å²) in [6.07, 6.45) is 0. The van der Waals surface area contributed by atoms with Crippen LogP contribution in [0.5, 0.6) is 0 Å². The molecule has 0 spiro atoms. The average Bonchev–Trinajstić information content (AvgIpc) is 3.99. The molecule has 10 heteroatoms. The lowest BCUT2D eigenvalue weighted by molar-refractivity contribution is 0.596. The van der Waals surface area contributed by atoms with E-state index < -0.39 is 9.84 Å². The highest BCUT2D eigenvalue weighted by molar-refractivity contribution is 7.91. The maximum atomic E-state index is 14.0. The van der Waals surface area contributed by atoms with E-state index >= 15 is 0 Å². The van der Waals surface area contributed by atoms with Crippen LogP contribution in [0.4, 0.5) is 5.82 Å². The van der Waals surface area contributed by atoms with Gasteiger partial charge in [0, 0.05) is 38.0 Å². The molecule has 0 amide bonds. The minimum absolute atomic E-state index is 0.0551. The fourth-order valence-electron chi connectivity index (χ4n) is 9.33. The Morgan fingerprint density at radius 2 is 0.844 bits per heavy atom. The summed E-state index contributed by atoms with van der Waals surface area (Å²) in [6.45, 7) is 7.97. The molecule has 0 saturated carbocycles. The highest BCUT2D eigenvalue weighted by Crippen LogP contribution is 2.40. The Balaban J connectivity index is 0.946. The van der Waals surface area contributed by atoms with Crippen LogP contribution in [0.15, 0.2) is 198 Å². The molecule has 0 unspecified atom stereocenters. The number of nitriles is 1. The number of hydrogen-bond acceptors (Lipinski definition) is 5. The van der Waals surface area contributed by atoms with Crippen molar-refractivity contribution in [3.63, 3.8) is 0 Å². The van der Waals surface area contributed by atoms with Crippen molar-refractivity contribution in [3.8, 4) is 34.5 Å². The van der Waals surface area contributed by atoms with Crippen molar-refractivity contribution in [1.29, 1.82) is 5.26 Å². The third kappa shape index (κ3) is 5.44. The van der Waals surface area contributed by atoms with Crippen molar-refractivity contribution in [3.05, 3.63) is 205 Å². The number of aromatic nitrogens is 5. The molecule has 0 atom stereocenters. The summed E-state index contributed by atoms with van der Waals surface area (Å²) in [5, 5.41) is 16.4. The van der Waals surface area contributed by atoms with E-state index in [9.17, 15) is 13.7 Å². The van der Waals surface area contributed by atoms with Crippen LogP contribution in [0.2, 0.25) is 0 Å². The van der Waals surface area contributed by atoms with Crippen LogP contribution in [0, 0.1) is 17.9 Å². The molecule has 0 aliphatic heterocycles. The fourth-order valence-corrected chi connectivity index (χ4v) is 10.6. The summed E-state index contributed by atoms with van der Waals surface area (Å²) >= 11 is 0. The van der Waals surface area contributed by atoms with Gasteiger partial charge in [0.15, 0.2) is 5.69 Å². The number of rotatable bonds is 6. The smallest absolute Gasteiger partial charge is 0.308 e. The largest absolute Gasteiger partial charge is 0.358 e. The Morgan fingerprint density at radius 1 is 0.453 bits per heavy atom. The first kappa shape index (κ1) is 37.0. The van der Waals surface area contributed by atoms with Crippen LogP contribution in [-0.4, -0.2) is 32.1 Å². The van der Waals surface area contributed by atoms with Gasteiger partial charge in [-0.2, -0.15) is 5.26 Å². The summed E-state index contributed by atoms with van der Waals surface area (Å²) in [6, 6.07) is 62.9. The van der Waals surface area contributed by atoms with E-state index in [0.717, 1.165) is 82.2 Å². The third-order valence-electron chi connectivity index (χ3n) is 12.2. The van der Waals surface area contributed by atoms with Gasteiger partial charge < -0.3 is 9.41 Å². The van der Waals surface area contributed by atoms with E-state index in [4.69, 9.17) is 16.5 Å². The SMILES string of the molecule is [C-]#[N+]c1nc(-n2c3ccccc3c3cc(-c4ccc(S(=O)(=O)c5ccc(-n6c7ccccc7c7ccccc76)cc5)cc4)ccc32)c(-n2c3ccccc3c3ccccc32)nc1C#N. The van der Waals surface area contributed by atoms with Crippen LogP contribution in [-0.2, 0) is 9.84 Å². The molecule has 12 aromatic rings. The summed E-state index contributed by atoms with van der Waals surface area (Å²) in [5.74, 6) is 0.748. The normalized spacial score (nSPS) is 11.8. The average molecular weight is 842 g/mol. The second-order valence-electron chi connectivity index (χ2n) is 15.6. The number of benzene rings is 8. The van der Waals surface area contributed by atoms with Crippen molar-refractivity contribution in [2.45, 2.75) is 9.79 Å². The third-order valence-corrected chi connectivity index (χ3v) is 14.0. The van der Waals surface area contributed by atoms with Gasteiger partial charge in [0.05, 0.1) is 42.9 Å². The molecular formula is C54H31N7O2S. The monoisotopic (exact) mass is 841 g/mol. The van der Waals surface area contributed by atoms with Crippen molar-refractivity contribution >= 4 is 81.1 Å². The zero-order valence-electron chi connectivity index (χ0n) is 33.8. The van der Waals surface area contributed by atoms with Crippen LogP contribution in [0.1, 0.15) is 5.69 Å². The Bertz CT molecular complexity index is 4000. The number of hydrogen-bond donors (Lipinski definition) is 0. The lowest BCUT2D eigenvalue weighted by Gasteiger charge is -2.13. The Kier molecular flexibility index (Phi) is 8.15. The zero-order chi connectivity index (χ0) is 43.1. The fraction of sp³-hybridized carbons (Fsp3) is 0. The Labute approximate surface area is 366 Å². The first-order valence-electron chi connectivity index (χ1n) is 20.6. The van der Waals surface area contributed by atoms with E-state index in [1.165, 1.54) is 0 Å². The first-order chi connectivity index (χ1) is 31.4. The van der Waals surface area contributed by atoms with Gasteiger partial charge in [-0.15, -0.1) is 0 Å². The minimum atomic E-state index is -3.83. The van der Waals surface area contributed by atoms with E-state index in [-0.39, 0.29) is 21.3 Å². The van der Waals surface area contributed by atoms with Crippen LogP contribution in [0.3, 0.4) is 0 Å². The topological polar surface area (TPSA) is 103 Å². The zero-order valence-corrected chi connectivity index (χ0v) is 34.6. The predicted molar refractivity (Wildman–Crippen MR) is 253 cm³/mol. The Hall–Kier alpha value is -8.83. The quantitative estimate of drug-likeness (QED) is 0.155. The lowest BCUT2D eigenvalue weighted by Crippen LogP contribution is -2.09. The molecule has 4 aromatic heterocycles. The van der Waals surface area contributed by atoms with E-state index in [2.05, 4.69) is 57.9 Å². The van der Waals surface area contributed by atoms with Gasteiger partial charge in [-0.1, -0.05) is 121 Å². The molecule has 0 saturated heterocycles. The highest BCUT2D eigenvalue weighted by Gasteiger charge is 2.27. The number of fused-ring (bicyclic) bond motifs is 9. The molecule has 8 aromatic carbocycles. The van der Waals surface area contributed by atoms with Crippen molar-refractivity contribution in [2.24, 2.45) is 0 Å². The van der Waals surface area contributed by atoms with Gasteiger partial charge in [-0.25, -0.2) is 13.4 Å². The molecule has 0 bridgehead atoms. The standard InChI is InChI=1S/C54H31N7O2S/c1-56-52-45(33-55)57-53(60-48-19-9-4-14-41(48)42-15-5-10-20-49(42)60)54(58-52)61-50-21-11-6-16-43(50)44-32-35(24-31-51(44)61)34-22-27-37(28-23-34)64(62,63)38-29-25-36(26-30-38)59-46-17-7-2-12-39(46)40-13-3-8-18-47(40)59/h2-32H. The van der Waals surface area contributed by atoms with Crippen molar-refractivity contribution in [2.75, 3.05) is 0 Å². The molecule has 64 heavy (non-hydrogen) atoms. The molecule has 0 radical (unpaired) electrons. The van der Waals surface area contributed by atoms with E-state index in [1.54, 1.807) is 24.3 Å². The molecule has 0 fully saturated rings. The number of para-hydroxylation sites is 5. The predicted octanol–water partition coefficient (Wildman–Crippen LogP) is 12.7. The van der Waals surface area contributed by atoms with E-state index in [0.29, 0.717) is 11.6 Å². The maximum absolute atomic E-state index is 14.0. The second-order valence-corrected chi connectivity index (χ2v) is 17.6. The molecule has 9 nitrogen and oxygen atoms in total. The van der Waals surface area contributed by atoms with Crippen molar-refractivity contribution in [1.82, 2.24) is 23.7 Å². The number of nitrogens with zero attached hydrogens (tertiary/aromatic N) is 7. The van der Waals surface area contributed by atoms with Gasteiger partial charge in [0.1, 0.15) is 6.07 Å². The van der Waals surface area contributed by atoms with Gasteiger partial charge in [-0.05, 0) is 90.0 Å². The molecule has 300 valence electrons. The highest BCUT2D eigenvalue weighted by atomic mass is 32.2. The summed E-state index contributed by atoms with van der Waals surface area (Å²) in [5.41, 5.74) is 8.13. The summed E-state index contributed by atoms with van der Waals surface area (Å²) in [7, 11) is -3.83. The van der Waals surface area contributed by atoms with Crippen LogP contribution >= 0.6 is 0 Å². The first-order valence-corrected chi connectivity index (χ1v) is 22.1. The van der Waals surface area contributed by atoms with Crippen LogP contribution in [0.25, 0.3) is 98.7 Å². The molecule has 4 heterocycles. The van der Waals surface area contributed by atoms with E-state index in [1.807, 2.05) is 130 Å². The van der Waals surface area contributed by atoms with Gasteiger partial charge in [0.25, 0.3) is 5.82 Å². The summed E-state index contributed by atoms with van der Waals surface area (Å²) < 4.78 is 34.3. The van der Waals surface area contributed by atoms with Gasteiger partial charge in [-0.3, -0.25) is 9.13 Å². The Morgan fingerprint density at radius 3 is 1.31 bits per heavy atom. The second kappa shape index (κ2) is 14.1. The molecule has 0 aliphatic carbocycles. The maximum Gasteiger partial charge on any atom is 0.308 e. The molecule has 12 rings (SSSR count). The molecule has 0 aliphatic rings. The van der Waals surface area contributed by atoms with Crippen molar-refractivity contribution < 1.29 is 8.42 Å². The number of sulfone groups is 1. The lowest BCUT2D eigenvalue weighted by atomic mass is 10.0. The van der Waals surface area contributed by atoms with Crippen LogP contribution < -0.4 is 0 Å². The van der Waals surface area contributed by atoms with Gasteiger partial charge >= 0.3 is 5.82 Å². The summed E-state index contributed by atoms with van der Waals surface area (Å²) in [4.78, 5) is 13.8. The molecule has 0 N–H and O–H groups in total. The molecular weight excluding hydrogens is 811 g/mol. The van der Waals surface area contributed by atoms with Gasteiger partial charge in [0.2, 0.25) is 15.7 Å².